The van der Waals surface area contributed by atoms with E-state index in [2.05, 4.69) is 10.6 Å². The largest absolute Gasteiger partial charge is 0.349 e. The summed E-state index contributed by atoms with van der Waals surface area (Å²) < 4.78 is 22.7. The average Bonchev–Trinajstić information content (AvgIpc) is 2.49. The first-order chi connectivity index (χ1) is 7.76. The summed E-state index contributed by atoms with van der Waals surface area (Å²) >= 11 is 0. The lowest BCUT2D eigenvalue weighted by molar-refractivity contribution is -0.121. The summed E-state index contributed by atoms with van der Waals surface area (Å²) in [7, 11) is -2.97. The third-order valence-corrected chi connectivity index (χ3v) is 5.07. The van der Waals surface area contributed by atoms with Crippen LogP contribution in [-0.2, 0) is 14.6 Å². The van der Waals surface area contributed by atoms with Crippen LogP contribution in [-0.4, -0.2) is 44.0 Å². The average molecular weight is 262 g/mol. The van der Waals surface area contributed by atoms with E-state index in [9.17, 15) is 13.2 Å². The second-order valence-electron chi connectivity index (χ2n) is 5.14. The molecule has 2 unspecified atom stereocenters. The third kappa shape index (κ3) is 4.63. The normalized spacial score (nSPS) is 28.9. The van der Waals surface area contributed by atoms with E-state index < -0.39 is 15.4 Å². The molecule has 0 aromatic heterocycles. The van der Waals surface area contributed by atoms with E-state index >= 15 is 0 Å². The van der Waals surface area contributed by atoms with E-state index in [1.54, 1.807) is 6.92 Å². The fraction of sp³-hybridized carbons (Fsp3) is 0.909. The number of rotatable bonds is 5. The highest BCUT2D eigenvalue weighted by atomic mass is 32.2. The second-order valence-corrected chi connectivity index (χ2v) is 7.33. The molecular weight excluding hydrogens is 240 g/mol. The van der Waals surface area contributed by atoms with Crippen molar-refractivity contribution in [2.75, 3.05) is 18.1 Å². The molecule has 0 radical (unpaired) electrons. The van der Waals surface area contributed by atoms with Crippen LogP contribution < -0.4 is 10.6 Å². The molecule has 1 aliphatic rings. The monoisotopic (exact) mass is 262 g/mol. The molecule has 0 aromatic carbocycles. The van der Waals surface area contributed by atoms with E-state index in [1.165, 1.54) is 0 Å². The Morgan fingerprint density at radius 2 is 2.12 bits per heavy atom. The van der Waals surface area contributed by atoms with Gasteiger partial charge in [-0.25, -0.2) is 8.42 Å². The van der Waals surface area contributed by atoms with Crippen LogP contribution in [0, 0.1) is 0 Å². The lowest BCUT2D eigenvalue weighted by Gasteiger charge is -2.24. The van der Waals surface area contributed by atoms with Gasteiger partial charge in [0.25, 0.3) is 0 Å². The molecule has 2 N–H and O–H groups in total. The standard InChI is InChI=1S/C11H22N2O3S/c1-4-9(2)12-7-10(14)13-11(3)5-6-17(15,16)8-11/h9,12H,4-8H2,1-3H3,(H,13,14). The molecule has 0 aromatic rings. The number of sulfone groups is 1. The van der Waals surface area contributed by atoms with Gasteiger partial charge < -0.3 is 10.6 Å². The lowest BCUT2D eigenvalue weighted by Crippen LogP contribution is -2.50. The summed E-state index contributed by atoms with van der Waals surface area (Å²) in [6, 6.07) is 0.292. The van der Waals surface area contributed by atoms with E-state index in [4.69, 9.17) is 0 Å². The number of nitrogens with one attached hydrogen (secondary N) is 2. The van der Waals surface area contributed by atoms with Gasteiger partial charge in [-0.1, -0.05) is 6.92 Å². The summed E-state index contributed by atoms with van der Waals surface area (Å²) in [4.78, 5) is 11.7. The zero-order valence-corrected chi connectivity index (χ0v) is 11.6. The second kappa shape index (κ2) is 5.35. The smallest absolute Gasteiger partial charge is 0.234 e. The van der Waals surface area contributed by atoms with E-state index in [0.29, 0.717) is 12.5 Å². The van der Waals surface area contributed by atoms with Crippen LogP contribution in [0.1, 0.15) is 33.6 Å². The summed E-state index contributed by atoms with van der Waals surface area (Å²) in [5.74, 6) is 0.0855. The molecule has 1 heterocycles. The Kier molecular flexibility index (Phi) is 4.55. The van der Waals surface area contributed by atoms with Crippen molar-refractivity contribution in [2.24, 2.45) is 0 Å². The van der Waals surface area contributed by atoms with Gasteiger partial charge in [0.2, 0.25) is 5.91 Å². The molecule has 1 fully saturated rings. The topological polar surface area (TPSA) is 75.3 Å². The van der Waals surface area contributed by atoms with Crippen molar-refractivity contribution in [3.8, 4) is 0 Å². The zero-order valence-electron chi connectivity index (χ0n) is 10.7. The Labute approximate surface area is 103 Å². The van der Waals surface area contributed by atoms with Crippen LogP contribution in [0.25, 0.3) is 0 Å². The van der Waals surface area contributed by atoms with Crippen molar-refractivity contribution in [1.29, 1.82) is 0 Å². The summed E-state index contributed by atoms with van der Waals surface area (Å²) in [6.07, 6.45) is 1.46. The van der Waals surface area contributed by atoms with E-state index in [-0.39, 0.29) is 24.0 Å². The molecule has 0 aliphatic carbocycles. The van der Waals surface area contributed by atoms with Crippen LogP contribution in [0.2, 0.25) is 0 Å². The van der Waals surface area contributed by atoms with Gasteiger partial charge in [-0.2, -0.15) is 0 Å². The Bertz CT molecular complexity index is 380. The molecule has 6 heteroatoms. The van der Waals surface area contributed by atoms with Gasteiger partial charge in [0.05, 0.1) is 23.6 Å². The Hall–Kier alpha value is -0.620. The summed E-state index contributed by atoms with van der Waals surface area (Å²) in [6.45, 7) is 6.08. The maximum absolute atomic E-state index is 11.7. The number of carbonyl (C=O) groups excluding carboxylic acids is 1. The van der Waals surface area contributed by atoms with Gasteiger partial charge in [0, 0.05) is 6.04 Å². The maximum Gasteiger partial charge on any atom is 0.234 e. The maximum atomic E-state index is 11.7. The number of amides is 1. The molecule has 5 nitrogen and oxygen atoms in total. The van der Waals surface area contributed by atoms with Gasteiger partial charge >= 0.3 is 0 Å². The molecule has 0 bridgehead atoms. The minimum Gasteiger partial charge on any atom is -0.349 e. The van der Waals surface area contributed by atoms with Crippen LogP contribution in [0.15, 0.2) is 0 Å². The number of carbonyl (C=O) groups is 1. The molecule has 0 saturated carbocycles. The van der Waals surface area contributed by atoms with Gasteiger partial charge in [-0.05, 0) is 26.7 Å². The van der Waals surface area contributed by atoms with Crippen LogP contribution in [0.3, 0.4) is 0 Å². The molecule has 1 saturated heterocycles. The van der Waals surface area contributed by atoms with Crippen molar-refractivity contribution in [3.63, 3.8) is 0 Å². The highest BCUT2D eigenvalue weighted by Crippen LogP contribution is 2.22. The molecule has 100 valence electrons. The van der Waals surface area contributed by atoms with Crippen molar-refractivity contribution >= 4 is 15.7 Å². The first-order valence-corrected chi connectivity index (χ1v) is 7.83. The first kappa shape index (κ1) is 14.4. The minimum atomic E-state index is -2.97. The number of hydrogen-bond donors (Lipinski definition) is 2. The molecule has 17 heavy (non-hydrogen) atoms. The van der Waals surface area contributed by atoms with E-state index in [1.807, 2.05) is 13.8 Å². The van der Waals surface area contributed by atoms with Gasteiger partial charge in [-0.15, -0.1) is 0 Å². The van der Waals surface area contributed by atoms with Crippen molar-refractivity contribution < 1.29 is 13.2 Å². The van der Waals surface area contributed by atoms with Crippen LogP contribution >= 0.6 is 0 Å². The quantitative estimate of drug-likeness (QED) is 0.735. The Morgan fingerprint density at radius 1 is 1.47 bits per heavy atom. The minimum absolute atomic E-state index is 0.0507. The van der Waals surface area contributed by atoms with Crippen LogP contribution in [0.4, 0.5) is 0 Å². The fourth-order valence-electron chi connectivity index (χ4n) is 1.90. The predicted octanol–water partition coefficient (Wildman–Crippen LogP) is 0.0679. The molecule has 1 aliphatic heterocycles. The predicted molar refractivity (Wildman–Crippen MR) is 67.6 cm³/mol. The summed E-state index contributed by atoms with van der Waals surface area (Å²) in [5.41, 5.74) is -0.590. The molecule has 1 amide bonds. The van der Waals surface area contributed by atoms with Gasteiger partial charge in [0.1, 0.15) is 0 Å². The van der Waals surface area contributed by atoms with Crippen LogP contribution in [0.5, 0.6) is 0 Å². The third-order valence-electron chi connectivity index (χ3n) is 3.17. The zero-order chi connectivity index (χ0) is 13.1. The number of hydrogen-bond acceptors (Lipinski definition) is 4. The van der Waals surface area contributed by atoms with Gasteiger partial charge in [-0.3, -0.25) is 4.79 Å². The van der Waals surface area contributed by atoms with Crippen molar-refractivity contribution in [3.05, 3.63) is 0 Å². The van der Waals surface area contributed by atoms with Crippen molar-refractivity contribution in [2.45, 2.75) is 45.2 Å². The molecule has 0 spiro atoms. The molecule has 2 atom stereocenters. The molecule has 1 rings (SSSR count). The lowest BCUT2D eigenvalue weighted by atomic mass is 10.0. The highest BCUT2D eigenvalue weighted by molar-refractivity contribution is 7.91. The Morgan fingerprint density at radius 3 is 2.59 bits per heavy atom. The molecular formula is C11H22N2O3S. The Balaban J connectivity index is 2.41. The van der Waals surface area contributed by atoms with Gasteiger partial charge in [0.15, 0.2) is 9.84 Å². The first-order valence-electron chi connectivity index (χ1n) is 6.01. The van der Waals surface area contributed by atoms with E-state index in [0.717, 1.165) is 6.42 Å². The summed E-state index contributed by atoms with van der Waals surface area (Å²) in [5, 5.41) is 5.89. The highest BCUT2D eigenvalue weighted by Gasteiger charge is 2.39. The SMILES string of the molecule is CCC(C)NCC(=O)NC1(C)CCS(=O)(=O)C1. The van der Waals surface area contributed by atoms with Crippen molar-refractivity contribution in [1.82, 2.24) is 10.6 Å². The fourth-order valence-corrected chi connectivity index (χ4v) is 3.99.